The summed E-state index contributed by atoms with van der Waals surface area (Å²) in [6, 6.07) is 7.20. The standard InChI is InChI=1S/C13H11F3INS/c1-18-12(9-6-11(17)19-7-9)8-3-2-4-10(5-8)13(14,15)16/h2-7,12,18H,1H3. The molecule has 2 rings (SSSR count). The Bertz CT molecular complexity index is 565. The third kappa shape index (κ3) is 3.49. The van der Waals surface area contributed by atoms with Gasteiger partial charge in [0.2, 0.25) is 0 Å². The van der Waals surface area contributed by atoms with Crippen molar-refractivity contribution in [2.24, 2.45) is 0 Å². The summed E-state index contributed by atoms with van der Waals surface area (Å²) in [5.41, 5.74) is 0.984. The van der Waals surface area contributed by atoms with Crippen LogP contribution < -0.4 is 5.32 Å². The van der Waals surface area contributed by atoms with Gasteiger partial charge >= 0.3 is 6.18 Å². The van der Waals surface area contributed by atoms with E-state index in [2.05, 4.69) is 27.9 Å². The fourth-order valence-electron chi connectivity index (χ4n) is 1.90. The van der Waals surface area contributed by atoms with E-state index in [-0.39, 0.29) is 6.04 Å². The van der Waals surface area contributed by atoms with Crippen LogP contribution in [0.15, 0.2) is 35.7 Å². The fraction of sp³-hybridized carbons (Fsp3) is 0.231. The Morgan fingerprint density at radius 3 is 2.47 bits per heavy atom. The Morgan fingerprint density at radius 1 is 1.21 bits per heavy atom. The molecule has 1 N–H and O–H groups in total. The minimum absolute atomic E-state index is 0.220. The molecule has 1 heterocycles. The molecule has 0 aliphatic carbocycles. The molecule has 0 aliphatic heterocycles. The zero-order valence-corrected chi connectivity index (χ0v) is 12.9. The van der Waals surface area contributed by atoms with Gasteiger partial charge in [-0.15, -0.1) is 11.3 Å². The maximum Gasteiger partial charge on any atom is 0.416 e. The molecule has 19 heavy (non-hydrogen) atoms. The largest absolute Gasteiger partial charge is 0.416 e. The Morgan fingerprint density at radius 2 is 1.95 bits per heavy atom. The van der Waals surface area contributed by atoms with Crippen molar-refractivity contribution in [3.63, 3.8) is 0 Å². The van der Waals surface area contributed by atoms with Crippen molar-refractivity contribution in [1.29, 1.82) is 0 Å². The zero-order chi connectivity index (χ0) is 14.0. The summed E-state index contributed by atoms with van der Waals surface area (Å²) in [6.07, 6.45) is -4.31. The first kappa shape index (κ1) is 14.8. The molecular weight excluding hydrogens is 386 g/mol. The van der Waals surface area contributed by atoms with Crippen molar-refractivity contribution in [3.05, 3.63) is 55.3 Å². The predicted molar refractivity (Wildman–Crippen MR) is 79.4 cm³/mol. The minimum Gasteiger partial charge on any atom is -0.309 e. The quantitative estimate of drug-likeness (QED) is 0.742. The Labute approximate surface area is 127 Å². The lowest BCUT2D eigenvalue weighted by molar-refractivity contribution is -0.137. The molecule has 1 aromatic carbocycles. The molecule has 1 atom stereocenters. The minimum atomic E-state index is -4.31. The highest BCUT2D eigenvalue weighted by atomic mass is 127. The van der Waals surface area contributed by atoms with E-state index in [4.69, 9.17) is 0 Å². The van der Waals surface area contributed by atoms with Crippen LogP contribution in [0, 0.1) is 2.88 Å². The highest BCUT2D eigenvalue weighted by molar-refractivity contribution is 14.1. The van der Waals surface area contributed by atoms with Gasteiger partial charge in [-0.1, -0.05) is 12.1 Å². The summed E-state index contributed by atoms with van der Waals surface area (Å²) in [7, 11) is 1.75. The van der Waals surface area contributed by atoms with E-state index in [1.807, 2.05) is 11.4 Å². The lowest BCUT2D eigenvalue weighted by atomic mass is 9.99. The van der Waals surface area contributed by atoms with Crippen molar-refractivity contribution in [2.75, 3.05) is 7.05 Å². The van der Waals surface area contributed by atoms with Crippen LogP contribution in [0.2, 0.25) is 0 Å². The molecule has 6 heteroatoms. The highest BCUT2D eigenvalue weighted by Crippen LogP contribution is 2.33. The van der Waals surface area contributed by atoms with Gasteiger partial charge in [0.25, 0.3) is 0 Å². The zero-order valence-electron chi connectivity index (χ0n) is 9.96. The Hall–Kier alpha value is -0.600. The topological polar surface area (TPSA) is 12.0 Å². The van der Waals surface area contributed by atoms with Gasteiger partial charge in [0.15, 0.2) is 0 Å². The Kier molecular flexibility index (Phi) is 4.52. The first-order chi connectivity index (χ1) is 8.91. The first-order valence-electron chi connectivity index (χ1n) is 5.50. The molecular formula is C13H11F3INS. The molecule has 0 spiro atoms. The number of hydrogen-bond donors (Lipinski definition) is 1. The number of nitrogens with one attached hydrogen (secondary N) is 1. The second-order valence-corrected chi connectivity index (χ2v) is 6.83. The second-order valence-electron chi connectivity index (χ2n) is 4.03. The molecule has 0 fully saturated rings. The number of rotatable bonds is 3. The van der Waals surface area contributed by atoms with Crippen LogP contribution >= 0.6 is 33.9 Å². The van der Waals surface area contributed by atoms with Crippen molar-refractivity contribution < 1.29 is 13.2 Å². The van der Waals surface area contributed by atoms with Crippen LogP contribution in [-0.4, -0.2) is 7.05 Å². The van der Waals surface area contributed by atoms with Crippen LogP contribution in [0.5, 0.6) is 0 Å². The highest BCUT2D eigenvalue weighted by Gasteiger charge is 2.31. The molecule has 0 bridgehead atoms. The summed E-state index contributed by atoms with van der Waals surface area (Å²) >= 11 is 3.78. The molecule has 1 aromatic heterocycles. The number of alkyl halides is 3. The smallest absolute Gasteiger partial charge is 0.309 e. The fourth-order valence-corrected chi connectivity index (χ4v) is 3.29. The molecule has 0 amide bonds. The third-order valence-corrected chi connectivity index (χ3v) is 4.56. The third-order valence-electron chi connectivity index (χ3n) is 2.76. The maximum atomic E-state index is 12.7. The molecule has 0 radical (unpaired) electrons. The lowest BCUT2D eigenvalue weighted by Gasteiger charge is -2.17. The van der Waals surface area contributed by atoms with Gasteiger partial charge in [0.1, 0.15) is 0 Å². The van der Waals surface area contributed by atoms with Gasteiger partial charge in [-0.3, -0.25) is 0 Å². The van der Waals surface area contributed by atoms with E-state index in [9.17, 15) is 13.2 Å². The van der Waals surface area contributed by atoms with E-state index in [1.54, 1.807) is 24.5 Å². The van der Waals surface area contributed by atoms with Crippen LogP contribution in [0.4, 0.5) is 13.2 Å². The molecule has 1 nitrogen and oxygen atoms in total. The van der Waals surface area contributed by atoms with E-state index >= 15 is 0 Å². The van der Waals surface area contributed by atoms with Crippen molar-refractivity contribution in [3.8, 4) is 0 Å². The number of thiophene rings is 1. The van der Waals surface area contributed by atoms with E-state index in [1.165, 1.54) is 12.1 Å². The van der Waals surface area contributed by atoms with Gasteiger partial charge in [-0.25, -0.2) is 0 Å². The maximum absolute atomic E-state index is 12.7. The summed E-state index contributed by atoms with van der Waals surface area (Å²) in [4.78, 5) is 0. The van der Waals surface area contributed by atoms with Gasteiger partial charge in [0, 0.05) is 0 Å². The van der Waals surface area contributed by atoms with E-state index in [0.29, 0.717) is 5.56 Å². The molecule has 0 saturated carbocycles. The molecule has 0 aliphatic rings. The normalized spacial score (nSPS) is 13.5. The lowest BCUT2D eigenvalue weighted by Crippen LogP contribution is -2.18. The van der Waals surface area contributed by atoms with Crippen LogP contribution in [0.3, 0.4) is 0 Å². The number of benzene rings is 1. The SMILES string of the molecule is CNC(c1cccc(C(F)(F)F)c1)c1csc(I)c1. The van der Waals surface area contributed by atoms with Crippen LogP contribution in [-0.2, 0) is 6.18 Å². The van der Waals surface area contributed by atoms with E-state index in [0.717, 1.165) is 14.5 Å². The summed E-state index contributed by atoms with van der Waals surface area (Å²) in [5, 5.41) is 5.02. The van der Waals surface area contributed by atoms with Crippen molar-refractivity contribution >= 4 is 33.9 Å². The van der Waals surface area contributed by atoms with Gasteiger partial charge in [-0.2, -0.15) is 13.2 Å². The first-order valence-corrected chi connectivity index (χ1v) is 7.46. The second kappa shape index (κ2) is 5.80. The number of halogens is 4. The predicted octanol–water partition coefficient (Wildman–Crippen LogP) is 4.68. The monoisotopic (exact) mass is 397 g/mol. The van der Waals surface area contributed by atoms with Crippen LogP contribution in [0.25, 0.3) is 0 Å². The average molecular weight is 397 g/mol. The molecule has 2 aromatic rings. The van der Waals surface area contributed by atoms with Gasteiger partial charge in [0.05, 0.1) is 14.5 Å². The summed E-state index contributed by atoms with van der Waals surface area (Å²) < 4.78 is 39.3. The molecule has 0 saturated heterocycles. The summed E-state index contributed by atoms with van der Waals surface area (Å²) in [6.45, 7) is 0. The van der Waals surface area contributed by atoms with Crippen LogP contribution in [0.1, 0.15) is 22.7 Å². The molecule has 1 unspecified atom stereocenters. The number of hydrogen-bond acceptors (Lipinski definition) is 2. The Balaban J connectivity index is 2.39. The van der Waals surface area contributed by atoms with Gasteiger partial charge in [-0.05, 0) is 64.3 Å². The van der Waals surface area contributed by atoms with Crippen molar-refractivity contribution in [2.45, 2.75) is 12.2 Å². The van der Waals surface area contributed by atoms with E-state index < -0.39 is 11.7 Å². The average Bonchev–Trinajstić information content (AvgIpc) is 2.76. The summed E-state index contributed by atoms with van der Waals surface area (Å²) in [5.74, 6) is 0. The van der Waals surface area contributed by atoms with Crippen molar-refractivity contribution in [1.82, 2.24) is 5.32 Å². The van der Waals surface area contributed by atoms with Gasteiger partial charge < -0.3 is 5.32 Å². The molecule has 102 valence electrons.